The Labute approximate surface area is 289 Å². The van der Waals surface area contributed by atoms with Gasteiger partial charge in [-0.15, -0.1) is 11.3 Å². The van der Waals surface area contributed by atoms with Gasteiger partial charge in [0, 0.05) is 38.0 Å². The van der Waals surface area contributed by atoms with E-state index in [0.717, 1.165) is 16.1 Å². The van der Waals surface area contributed by atoms with Crippen LogP contribution in [-0.4, -0.2) is 93.2 Å². The molecule has 0 radical (unpaired) electrons. The summed E-state index contributed by atoms with van der Waals surface area (Å²) >= 11 is 1.45. The summed E-state index contributed by atoms with van der Waals surface area (Å²) < 4.78 is 20.4. The lowest BCUT2D eigenvalue weighted by atomic mass is 9.85. The molecule has 2 aliphatic rings. The lowest BCUT2D eigenvalue weighted by Crippen LogP contribution is -2.59. The van der Waals surface area contributed by atoms with Gasteiger partial charge < -0.3 is 35.8 Å². The predicted molar refractivity (Wildman–Crippen MR) is 179 cm³/mol. The largest absolute Gasteiger partial charge is 0.483 e. The molecule has 0 unspecified atom stereocenters. The molecule has 15 heteroatoms. The van der Waals surface area contributed by atoms with Crippen molar-refractivity contribution in [3.05, 3.63) is 35.0 Å². The maximum atomic E-state index is 14.5. The van der Waals surface area contributed by atoms with Gasteiger partial charge in [-0.05, 0) is 49.7 Å². The third-order valence-electron chi connectivity index (χ3n) is 8.63. The summed E-state index contributed by atoms with van der Waals surface area (Å²) in [6.45, 7) is 7.03. The van der Waals surface area contributed by atoms with Gasteiger partial charge in [0.1, 0.15) is 17.8 Å². The number of benzene rings is 1. The number of aliphatic hydroxyl groups excluding tert-OH is 1. The molecule has 2 aromatic rings. The molecule has 2 fully saturated rings. The van der Waals surface area contributed by atoms with E-state index < -0.39 is 53.0 Å². The number of rotatable bonds is 16. The minimum Gasteiger partial charge on any atom is -0.483 e. The maximum Gasteiger partial charge on any atom is 0.303 e. The van der Waals surface area contributed by atoms with Crippen LogP contribution >= 0.6 is 11.3 Å². The molecule has 268 valence electrons. The zero-order chi connectivity index (χ0) is 35.9. The van der Waals surface area contributed by atoms with Crippen LogP contribution < -0.4 is 20.7 Å². The first kappa shape index (κ1) is 37.7. The summed E-state index contributed by atoms with van der Waals surface area (Å²) in [7, 11) is 0. The molecule has 1 aromatic heterocycles. The zero-order valence-electron chi connectivity index (χ0n) is 28.3. The van der Waals surface area contributed by atoms with Crippen LogP contribution in [0, 0.1) is 12.3 Å². The van der Waals surface area contributed by atoms with Gasteiger partial charge in [0.25, 0.3) is 11.8 Å². The monoisotopic (exact) mass is 703 g/mol. The van der Waals surface area contributed by atoms with E-state index in [9.17, 15) is 33.5 Å². The van der Waals surface area contributed by atoms with Gasteiger partial charge in [-0.25, -0.2) is 9.37 Å². The van der Waals surface area contributed by atoms with E-state index in [-0.39, 0.29) is 51.3 Å². The Morgan fingerprint density at radius 3 is 2.51 bits per heavy atom. The Morgan fingerprint density at radius 1 is 1.14 bits per heavy atom. The Kier molecular flexibility index (Phi) is 12.4. The SMILES string of the molecule is Cc1ncsc1-c1ccc(CNC(=O)[C@@H]2C[C@@H](O)CN2C(=O)[C@@H](NC(=O)C2(F)CC2)C(C)(C)C)c(OCC(=O)NCCCCCC(=O)O)c1. The number of hydrogen-bond donors (Lipinski definition) is 5. The number of likely N-dealkylation sites (tertiary alicyclic amines) is 1. The number of carbonyl (C=O) groups is 5. The van der Waals surface area contributed by atoms with Gasteiger partial charge in [0.2, 0.25) is 11.8 Å². The number of carbonyl (C=O) groups excluding carboxylic acids is 4. The van der Waals surface area contributed by atoms with Gasteiger partial charge in [-0.3, -0.25) is 24.0 Å². The number of aromatic nitrogens is 1. The smallest absolute Gasteiger partial charge is 0.303 e. The normalized spacial score (nSPS) is 18.8. The van der Waals surface area contributed by atoms with Crippen LogP contribution in [0.4, 0.5) is 4.39 Å². The van der Waals surface area contributed by atoms with Gasteiger partial charge in [0.05, 0.1) is 22.2 Å². The van der Waals surface area contributed by atoms with Crippen molar-refractivity contribution >= 4 is 40.9 Å². The number of aryl methyl sites for hydroxylation is 1. The van der Waals surface area contributed by atoms with Crippen molar-refractivity contribution in [2.24, 2.45) is 5.41 Å². The highest BCUT2D eigenvalue weighted by Gasteiger charge is 2.53. The Hall–Kier alpha value is -4.11. The van der Waals surface area contributed by atoms with Gasteiger partial charge in [0.15, 0.2) is 12.3 Å². The average Bonchev–Trinajstić information content (AvgIpc) is 3.45. The number of nitrogens with one attached hydrogen (secondary N) is 3. The van der Waals surface area contributed by atoms with Crippen molar-refractivity contribution in [1.82, 2.24) is 25.8 Å². The molecule has 0 bridgehead atoms. The summed E-state index contributed by atoms with van der Waals surface area (Å²) in [5.74, 6) is -2.81. The number of aliphatic carboxylic acids is 1. The molecule has 0 spiro atoms. The van der Waals surface area contributed by atoms with E-state index in [0.29, 0.717) is 37.1 Å². The molecule has 1 aliphatic carbocycles. The predicted octanol–water partition coefficient (Wildman–Crippen LogP) is 2.87. The molecule has 1 saturated heterocycles. The van der Waals surface area contributed by atoms with E-state index in [2.05, 4.69) is 20.9 Å². The lowest BCUT2D eigenvalue weighted by molar-refractivity contribution is -0.145. The molecule has 3 atom stereocenters. The van der Waals surface area contributed by atoms with Crippen LogP contribution in [0.5, 0.6) is 5.75 Å². The van der Waals surface area contributed by atoms with Crippen LogP contribution in [0.25, 0.3) is 10.4 Å². The maximum absolute atomic E-state index is 14.5. The van der Waals surface area contributed by atoms with Crippen LogP contribution in [0.15, 0.2) is 23.7 Å². The Balaban J connectivity index is 1.43. The highest BCUT2D eigenvalue weighted by Crippen LogP contribution is 2.40. The average molecular weight is 704 g/mol. The van der Waals surface area contributed by atoms with Gasteiger partial charge in [-0.1, -0.05) is 39.3 Å². The highest BCUT2D eigenvalue weighted by molar-refractivity contribution is 7.13. The summed E-state index contributed by atoms with van der Waals surface area (Å²) in [6.07, 6.45) is 1.10. The number of carboxylic acids is 1. The second-order valence-electron chi connectivity index (χ2n) is 13.8. The molecule has 13 nitrogen and oxygen atoms in total. The van der Waals surface area contributed by atoms with Crippen molar-refractivity contribution in [3.8, 4) is 16.2 Å². The second-order valence-corrected chi connectivity index (χ2v) is 14.6. The van der Waals surface area contributed by atoms with Crippen LogP contribution in [0.3, 0.4) is 0 Å². The standard InChI is InChI=1S/C34H46FN5O8S/c1-20-28(49-19-38-20)21-9-10-22(25(14-21)48-18-26(42)36-13-7-5-6-8-27(43)44)16-37-30(45)24-15-23(41)17-40(24)31(46)29(33(2,3)4)39-32(47)34(35)11-12-34/h9-10,14,19,23-24,29,41H,5-8,11-13,15-18H2,1-4H3,(H,36,42)(H,37,45)(H,39,47)(H,43,44)/t23-,24+,29-/m1/s1. The number of carboxylic acid groups (broad SMARTS) is 1. The number of alkyl halides is 1. The molecule has 1 saturated carbocycles. The highest BCUT2D eigenvalue weighted by atomic mass is 32.1. The molecule has 2 heterocycles. The molecule has 4 amide bonds. The van der Waals surface area contributed by atoms with Crippen molar-refractivity contribution in [1.29, 1.82) is 0 Å². The number of nitrogens with zero attached hydrogens (tertiary/aromatic N) is 2. The van der Waals surface area contributed by atoms with Crippen LogP contribution in [-0.2, 0) is 30.5 Å². The summed E-state index contributed by atoms with van der Waals surface area (Å²) in [4.78, 5) is 69.5. The van der Waals surface area contributed by atoms with E-state index in [4.69, 9.17) is 9.84 Å². The molecule has 5 N–H and O–H groups in total. The zero-order valence-corrected chi connectivity index (χ0v) is 29.2. The second kappa shape index (κ2) is 16.1. The van der Waals surface area contributed by atoms with Gasteiger partial charge >= 0.3 is 5.97 Å². The fraction of sp³-hybridized carbons (Fsp3) is 0.588. The lowest BCUT2D eigenvalue weighted by Gasteiger charge is -2.35. The molecule has 49 heavy (non-hydrogen) atoms. The summed E-state index contributed by atoms with van der Waals surface area (Å²) in [6, 6.07) is 3.24. The molecule has 1 aromatic carbocycles. The Bertz CT molecular complexity index is 1540. The number of unbranched alkanes of at least 4 members (excludes halogenated alkanes) is 2. The minimum atomic E-state index is -1.98. The van der Waals surface area contributed by atoms with E-state index in [1.807, 2.05) is 13.0 Å². The van der Waals surface area contributed by atoms with E-state index in [1.54, 1.807) is 38.4 Å². The number of β-amino-alcohol motifs (C(OH)–C–C–N with tert-alkyl or cyclic N) is 1. The molecular formula is C34H46FN5O8S. The third-order valence-corrected chi connectivity index (χ3v) is 9.60. The summed E-state index contributed by atoms with van der Waals surface area (Å²) in [5, 5.41) is 27.4. The Morgan fingerprint density at radius 2 is 1.88 bits per heavy atom. The molecule has 4 rings (SSSR count). The van der Waals surface area contributed by atoms with Crippen molar-refractivity contribution in [2.75, 3.05) is 19.7 Å². The van der Waals surface area contributed by atoms with Gasteiger partial charge in [-0.2, -0.15) is 0 Å². The first-order valence-electron chi connectivity index (χ1n) is 16.5. The summed E-state index contributed by atoms with van der Waals surface area (Å²) in [5.41, 5.74) is 1.15. The van der Waals surface area contributed by atoms with Crippen LogP contribution in [0.1, 0.15) is 77.0 Å². The van der Waals surface area contributed by atoms with Crippen molar-refractivity contribution < 1.29 is 43.3 Å². The number of ether oxygens (including phenoxy) is 1. The third kappa shape index (κ3) is 10.2. The quantitative estimate of drug-likeness (QED) is 0.164. The first-order valence-corrected chi connectivity index (χ1v) is 17.4. The number of hydrogen-bond acceptors (Lipinski definition) is 9. The topological polar surface area (TPSA) is 187 Å². The fourth-order valence-corrected chi connectivity index (χ4v) is 6.38. The van der Waals surface area contributed by atoms with Crippen LogP contribution in [0.2, 0.25) is 0 Å². The van der Waals surface area contributed by atoms with E-state index in [1.165, 1.54) is 16.2 Å². The van der Waals surface area contributed by atoms with E-state index >= 15 is 0 Å². The fourth-order valence-electron chi connectivity index (χ4n) is 5.57. The minimum absolute atomic E-state index is 0.0141. The number of aliphatic hydroxyl groups is 1. The molecular weight excluding hydrogens is 657 g/mol. The van der Waals surface area contributed by atoms with Crippen molar-refractivity contribution in [3.63, 3.8) is 0 Å². The number of halogens is 1. The molecule has 1 aliphatic heterocycles. The number of thiazole rings is 1. The number of amides is 4. The first-order chi connectivity index (χ1) is 23.1. The van der Waals surface area contributed by atoms with Crippen molar-refractivity contribution in [2.45, 2.75) is 103 Å².